The molecule has 6 nitrogen and oxygen atoms in total. The molecule has 0 radical (unpaired) electrons. The average Bonchev–Trinajstić information content (AvgIpc) is 2.99. The van der Waals surface area contributed by atoms with Crippen LogP contribution < -0.4 is 0 Å². The van der Waals surface area contributed by atoms with Gasteiger partial charge in [0.05, 0.1) is 11.8 Å². The number of benzene rings is 1. The van der Waals surface area contributed by atoms with Crippen LogP contribution in [0.5, 0.6) is 0 Å². The molecule has 0 bridgehead atoms. The Kier molecular flexibility index (Phi) is 5.94. The van der Waals surface area contributed by atoms with Gasteiger partial charge in [0.1, 0.15) is 5.82 Å². The average molecular weight is 401 g/mol. The molecule has 2 atom stereocenters. The van der Waals surface area contributed by atoms with E-state index in [0.29, 0.717) is 38.3 Å². The van der Waals surface area contributed by atoms with Gasteiger partial charge in [-0.25, -0.2) is 4.39 Å². The van der Waals surface area contributed by atoms with Crippen molar-refractivity contribution in [1.82, 2.24) is 14.7 Å². The molecule has 156 valence electrons. The number of rotatable bonds is 5. The molecule has 0 aromatic heterocycles. The molecule has 1 aromatic rings. The molecule has 3 aliphatic rings. The third-order valence-corrected chi connectivity index (χ3v) is 6.56. The number of carbonyl (C=O) groups excluding carboxylic acids is 3. The first kappa shape index (κ1) is 20.0. The standard InChI is InChI=1S/C22H28FN3O3/c23-19-8-4-1-5-16(19)15-24-11-13-25(14-12-24)20(27)9-10-26-21(28)17-6-2-3-7-18(17)22(26)29/h1,4-5,8,17-18H,2-3,6-7,9-15H2/t17-,18-/m1/s1. The highest BCUT2D eigenvalue weighted by Gasteiger charge is 2.47. The molecule has 1 aliphatic carbocycles. The number of piperazine rings is 1. The first-order chi connectivity index (χ1) is 14.0. The molecule has 3 amide bonds. The first-order valence-corrected chi connectivity index (χ1v) is 10.6. The summed E-state index contributed by atoms with van der Waals surface area (Å²) in [5.74, 6) is -0.705. The van der Waals surface area contributed by atoms with Crippen molar-refractivity contribution in [2.75, 3.05) is 32.7 Å². The summed E-state index contributed by atoms with van der Waals surface area (Å²) in [6, 6.07) is 6.76. The van der Waals surface area contributed by atoms with Crippen molar-refractivity contribution in [3.63, 3.8) is 0 Å². The van der Waals surface area contributed by atoms with Crippen molar-refractivity contribution in [3.05, 3.63) is 35.6 Å². The van der Waals surface area contributed by atoms with Gasteiger partial charge in [-0.2, -0.15) is 0 Å². The molecule has 1 aromatic carbocycles. The van der Waals surface area contributed by atoms with Crippen LogP contribution in [0.3, 0.4) is 0 Å². The molecule has 3 fully saturated rings. The second kappa shape index (κ2) is 8.61. The Morgan fingerprint density at radius 2 is 1.59 bits per heavy atom. The summed E-state index contributed by atoms with van der Waals surface area (Å²) in [5, 5.41) is 0. The van der Waals surface area contributed by atoms with Crippen molar-refractivity contribution >= 4 is 17.7 Å². The highest BCUT2D eigenvalue weighted by Crippen LogP contribution is 2.38. The number of nitrogens with zero attached hydrogens (tertiary/aromatic N) is 3. The Morgan fingerprint density at radius 1 is 0.966 bits per heavy atom. The van der Waals surface area contributed by atoms with E-state index in [-0.39, 0.29) is 48.3 Å². The van der Waals surface area contributed by atoms with E-state index in [1.807, 2.05) is 6.07 Å². The van der Waals surface area contributed by atoms with Gasteiger partial charge < -0.3 is 4.90 Å². The molecule has 0 unspecified atom stereocenters. The Morgan fingerprint density at radius 3 is 2.21 bits per heavy atom. The maximum Gasteiger partial charge on any atom is 0.233 e. The summed E-state index contributed by atoms with van der Waals surface area (Å²) in [7, 11) is 0. The van der Waals surface area contributed by atoms with E-state index in [0.717, 1.165) is 25.7 Å². The van der Waals surface area contributed by atoms with Crippen LogP contribution in [-0.2, 0) is 20.9 Å². The Hall–Kier alpha value is -2.28. The minimum Gasteiger partial charge on any atom is -0.340 e. The third-order valence-electron chi connectivity index (χ3n) is 6.56. The maximum atomic E-state index is 13.8. The SMILES string of the molecule is O=C(CCN1C(=O)[C@@H]2CCCC[C@H]2C1=O)N1CCN(Cc2ccccc2F)CC1. The van der Waals surface area contributed by atoms with Gasteiger partial charge in [0.15, 0.2) is 0 Å². The monoisotopic (exact) mass is 401 g/mol. The van der Waals surface area contributed by atoms with Crippen molar-refractivity contribution < 1.29 is 18.8 Å². The second-order valence-electron chi connectivity index (χ2n) is 8.32. The Balaban J connectivity index is 1.25. The van der Waals surface area contributed by atoms with E-state index in [1.54, 1.807) is 17.0 Å². The topological polar surface area (TPSA) is 60.9 Å². The van der Waals surface area contributed by atoms with Crippen molar-refractivity contribution in [2.45, 2.75) is 38.6 Å². The molecule has 0 spiro atoms. The number of hydrogen-bond donors (Lipinski definition) is 0. The largest absolute Gasteiger partial charge is 0.340 e. The molecule has 7 heteroatoms. The summed E-state index contributed by atoms with van der Waals surface area (Å²) in [5.41, 5.74) is 0.666. The van der Waals surface area contributed by atoms with E-state index in [2.05, 4.69) is 4.90 Å². The fourth-order valence-corrected chi connectivity index (χ4v) is 4.84. The van der Waals surface area contributed by atoms with E-state index in [1.165, 1.54) is 11.0 Å². The smallest absolute Gasteiger partial charge is 0.233 e. The predicted molar refractivity (Wildman–Crippen MR) is 105 cm³/mol. The third kappa shape index (κ3) is 4.20. The Labute approximate surface area is 170 Å². The van der Waals surface area contributed by atoms with Gasteiger partial charge in [0.2, 0.25) is 17.7 Å². The van der Waals surface area contributed by atoms with Crippen molar-refractivity contribution in [1.29, 1.82) is 0 Å². The predicted octanol–water partition coefficient (Wildman–Crippen LogP) is 2.04. The van der Waals surface area contributed by atoms with E-state index in [4.69, 9.17) is 0 Å². The van der Waals surface area contributed by atoms with Crippen LogP contribution >= 0.6 is 0 Å². The zero-order valence-electron chi connectivity index (χ0n) is 16.7. The van der Waals surface area contributed by atoms with Gasteiger partial charge in [0.25, 0.3) is 0 Å². The molecule has 29 heavy (non-hydrogen) atoms. The van der Waals surface area contributed by atoms with Crippen LogP contribution in [0.2, 0.25) is 0 Å². The highest BCUT2D eigenvalue weighted by molar-refractivity contribution is 6.05. The van der Waals surface area contributed by atoms with Crippen LogP contribution in [-0.4, -0.2) is 65.1 Å². The molecule has 2 heterocycles. The number of carbonyl (C=O) groups is 3. The number of hydrogen-bond acceptors (Lipinski definition) is 4. The molecule has 1 saturated carbocycles. The van der Waals surface area contributed by atoms with Crippen molar-refractivity contribution in [3.8, 4) is 0 Å². The van der Waals surface area contributed by atoms with Gasteiger partial charge in [-0.3, -0.25) is 24.2 Å². The second-order valence-corrected chi connectivity index (χ2v) is 8.32. The summed E-state index contributed by atoms with van der Waals surface area (Å²) in [6.07, 6.45) is 3.78. The Bertz CT molecular complexity index is 767. The lowest BCUT2D eigenvalue weighted by atomic mass is 9.81. The summed E-state index contributed by atoms with van der Waals surface area (Å²) >= 11 is 0. The number of amides is 3. The number of imide groups is 1. The number of fused-ring (bicyclic) bond motifs is 1. The minimum absolute atomic E-state index is 0.0222. The summed E-state index contributed by atoms with van der Waals surface area (Å²) < 4.78 is 13.8. The van der Waals surface area contributed by atoms with E-state index < -0.39 is 0 Å². The summed E-state index contributed by atoms with van der Waals surface area (Å²) in [6.45, 7) is 3.27. The fraction of sp³-hybridized carbons (Fsp3) is 0.591. The van der Waals surface area contributed by atoms with Crippen LogP contribution in [0.1, 0.15) is 37.7 Å². The van der Waals surface area contributed by atoms with Gasteiger partial charge in [-0.1, -0.05) is 31.0 Å². The first-order valence-electron chi connectivity index (χ1n) is 10.6. The van der Waals surface area contributed by atoms with Gasteiger partial charge >= 0.3 is 0 Å². The van der Waals surface area contributed by atoms with Crippen LogP contribution in [0, 0.1) is 17.7 Å². The molecular formula is C22H28FN3O3. The molecule has 0 N–H and O–H groups in total. The molecule has 2 aliphatic heterocycles. The number of halogens is 1. The molecular weight excluding hydrogens is 373 g/mol. The number of likely N-dealkylation sites (tertiary alicyclic amines) is 1. The lowest BCUT2D eigenvalue weighted by Crippen LogP contribution is -2.49. The van der Waals surface area contributed by atoms with Gasteiger partial charge in [0, 0.05) is 51.3 Å². The normalized spacial score (nSPS) is 25.4. The lowest BCUT2D eigenvalue weighted by Gasteiger charge is -2.35. The fourth-order valence-electron chi connectivity index (χ4n) is 4.84. The quantitative estimate of drug-likeness (QED) is 0.709. The molecule has 4 rings (SSSR count). The van der Waals surface area contributed by atoms with Crippen LogP contribution in [0.15, 0.2) is 24.3 Å². The summed E-state index contributed by atoms with van der Waals surface area (Å²) in [4.78, 5) is 42.9. The minimum atomic E-state index is -0.202. The van der Waals surface area contributed by atoms with Crippen molar-refractivity contribution in [2.24, 2.45) is 11.8 Å². The highest BCUT2D eigenvalue weighted by atomic mass is 19.1. The maximum absolute atomic E-state index is 13.8. The zero-order valence-corrected chi connectivity index (χ0v) is 16.7. The van der Waals surface area contributed by atoms with E-state index in [9.17, 15) is 18.8 Å². The van der Waals surface area contributed by atoms with Gasteiger partial charge in [-0.15, -0.1) is 0 Å². The lowest BCUT2D eigenvalue weighted by molar-refractivity contribution is -0.141. The van der Waals surface area contributed by atoms with E-state index >= 15 is 0 Å². The van der Waals surface area contributed by atoms with Gasteiger partial charge in [-0.05, 0) is 18.9 Å². The van der Waals surface area contributed by atoms with Crippen LogP contribution in [0.4, 0.5) is 4.39 Å². The zero-order chi connectivity index (χ0) is 20.4. The van der Waals surface area contributed by atoms with Crippen LogP contribution in [0.25, 0.3) is 0 Å². The molecule has 2 saturated heterocycles.